The van der Waals surface area contributed by atoms with Gasteiger partial charge < -0.3 is 4.42 Å². The van der Waals surface area contributed by atoms with Crippen LogP contribution in [0.25, 0.3) is 11.3 Å². The number of hydrogen-bond donors (Lipinski definition) is 0. The molecular formula is C14H18O. The van der Waals surface area contributed by atoms with Crippen LogP contribution < -0.4 is 0 Å². The fourth-order valence-corrected chi connectivity index (χ4v) is 1.31. The molecule has 0 amide bonds. The van der Waals surface area contributed by atoms with Gasteiger partial charge in [-0.3, -0.25) is 0 Å². The maximum Gasteiger partial charge on any atom is 0.134 e. The number of furan rings is 1. The van der Waals surface area contributed by atoms with Gasteiger partial charge in [-0.25, -0.2) is 0 Å². The minimum absolute atomic E-state index is 0.942. The molecule has 1 aromatic carbocycles. The fraction of sp³-hybridized carbons (Fsp3) is 0.286. The van der Waals surface area contributed by atoms with Gasteiger partial charge in [0.05, 0.1) is 0 Å². The van der Waals surface area contributed by atoms with E-state index in [1.54, 1.807) is 0 Å². The van der Waals surface area contributed by atoms with Gasteiger partial charge in [0.1, 0.15) is 11.5 Å². The molecule has 0 aliphatic rings. The van der Waals surface area contributed by atoms with Gasteiger partial charge >= 0.3 is 0 Å². The van der Waals surface area contributed by atoms with Gasteiger partial charge in [-0.2, -0.15) is 0 Å². The van der Waals surface area contributed by atoms with E-state index in [0.717, 1.165) is 17.1 Å². The van der Waals surface area contributed by atoms with Gasteiger partial charge in [0, 0.05) is 5.56 Å². The zero-order valence-electron chi connectivity index (χ0n) is 9.87. The molecular weight excluding hydrogens is 184 g/mol. The average molecular weight is 202 g/mol. The first-order valence-electron chi connectivity index (χ1n) is 5.39. The van der Waals surface area contributed by atoms with Crippen molar-refractivity contribution < 1.29 is 4.42 Å². The summed E-state index contributed by atoms with van der Waals surface area (Å²) in [5.74, 6) is 1.90. The van der Waals surface area contributed by atoms with Crippen LogP contribution in [0, 0.1) is 13.8 Å². The third-order valence-electron chi connectivity index (χ3n) is 2.08. The van der Waals surface area contributed by atoms with E-state index in [0.29, 0.717) is 0 Å². The molecule has 2 rings (SSSR count). The maximum absolute atomic E-state index is 5.51. The Bertz CT molecular complexity index is 396. The lowest BCUT2D eigenvalue weighted by Gasteiger charge is -1.96. The molecule has 2 aromatic rings. The van der Waals surface area contributed by atoms with Crippen molar-refractivity contribution in [2.75, 3.05) is 0 Å². The lowest BCUT2D eigenvalue weighted by atomic mass is 10.1. The summed E-state index contributed by atoms with van der Waals surface area (Å²) in [6.07, 6.45) is 0. The average Bonchev–Trinajstić information content (AvgIpc) is 2.69. The molecule has 0 bridgehead atoms. The van der Waals surface area contributed by atoms with Crippen LogP contribution in [0.1, 0.15) is 25.2 Å². The standard InChI is InChI=1S/C12H12O.C2H6/c1-9-3-6-11(7-4-9)12-8-5-10(2)13-12;1-2/h3-8H,1-2H3;1-2H3. The first-order valence-corrected chi connectivity index (χ1v) is 5.39. The van der Waals surface area contributed by atoms with Gasteiger partial charge in [-0.05, 0) is 26.0 Å². The number of hydrogen-bond acceptors (Lipinski definition) is 1. The Labute approximate surface area is 91.7 Å². The lowest BCUT2D eigenvalue weighted by molar-refractivity contribution is 0.548. The molecule has 0 fully saturated rings. The monoisotopic (exact) mass is 202 g/mol. The molecule has 0 aliphatic heterocycles. The van der Waals surface area contributed by atoms with E-state index in [-0.39, 0.29) is 0 Å². The highest BCUT2D eigenvalue weighted by atomic mass is 16.3. The van der Waals surface area contributed by atoms with Crippen molar-refractivity contribution >= 4 is 0 Å². The summed E-state index contributed by atoms with van der Waals surface area (Å²) in [5, 5.41) is 0. The Morgan fingerprint density at radius 1 is 0.800 bits per heavy atom. The topological polar surface area (TPSA) is 13.1 Å². The van der Waals surface area contributed by atoms with E-state index in [1.807, 2.05) is 32.9 Å². The van der Waals surface area contributed by atoms with Crippen LogP contribution in [0.15, 0.2) is 40.8 Å². The molecule has 1 heterocycles. The maximum atomic E-state index is 5.51. The summed E-state index contributed by atoms with van der Waals surface area (Å²) in [5.41, 5.74) is 2.41. The second-order valence-corrected chi connectivity index (χ2v) is 3.28. The Morgan fingerprint density at radius 2 is 1.40 bits per heavy atom. The van der Waals surface area contributed by atoms with Crippen LogP contribution in [-0.4, -0.2) is 0 Å². The summed E-state index contributed by atoms with van der Waals surface area (Å²) in [7, 11) is 0. The highest BCUT2D eigenvalue weighted by molar-refractivity contribution is 5.57. The summed E-state index contributed by atoms with van der Waals surface area (Å²) >= 11 is 0. The first kappa shape index (κ1) is 11.6. The van der Waals surface area contributed by atoms with Crippen molar-refractivity contribution in [3.05, 3.63) is 47.7 Å². The minimum atomic E-state index is 0.942. The molecule has 80 valence electrons. The Balaban J connectivity index is 0.000000531. The van der Waals surface area contributed by atoms with Gasteiger partial charge in [0.2, 0.25) is 0 Å². The number of aryl methyl sites for hydroxylation is 2. The van der Waals surface area contributed by atoms with E-state index in [2.05, 4.69) is 31.2 Å². The molecule has 0 saturated heterocycles. The summed E-state index contributed by atoms with van der Waals surface area (Å²) in [4.78, 5) is 0. The largest absolute Gasteiger partial charge is 0.461 e. The molecule has 15 heavy (non-hydrogen) atoms. The van der Waals surface area contributed by atoms with Gasteiger partial charge in [0.25, 0.3) is 0 Å². The van der Waals surface area contributed by atoms with Crippen molar-refractivity contribution in [2.24, 2.45) is 0 Å². The molecule has 0 unspecified atom stereocenters. The van der Waals surface area contributed by atoms with Crippen molar-refractivity contribution in [3.8, 4) is 11.3 Å². The summed E-state index contributed by atoms with van der Waals surface area (Å²) in [6, 6.07) is 12.3. The smallest absolute Gasteiger partial charge is 0.134 e. The second-order valence-electron chi connectivity index (χ2n) is 3.28. The third-order valence-corrected chi connectivity index (χ3v) is 2.08. The fourth-order valence-electron chi connectivity index (χ4n) is 1.31. The molecule has 0 saturated carbocycles. The van der Waals surface area contributed by atoms with Gasteiger partial charge in [-0.1, -0.05) is 43.7 Å². The zero-order valence-corrected chi connectivity index (χ0v) is 9.87. The quantitative estimate of drug-likeness (QED) is 0.659. The van der Waals surface area contributed by atoms with E-state index in [4.69, 9.17) is 4.42 Å². The van der Waals surface area contributed by atoms with Crippen LogP contribution >= 0.6 is 0 Å². The van der Waals surface area contributed by atoms with E-state index in [1.165, 1.54) is 5.56 Å². The Morgan fingerprint density at radius 3 is 1.87 bits per heavy atom. The predicted molar refractivity (Wildman–Crippen MR) is 65.0 cm³/mol. The van der Waals surface area contributed by atoms with Crippen LogP contribution in [-0.2, 0) is 0 Å². The normalized spacial score (nSPS) is 9.33. The van der Waals surface area contributed by atoms with Crippen molar-refractivity contribution in [3.63, 3.8) is 0 Å². The summed E-state index contributed by atoms with van der Waals surface area (Å²) in [6.45, 7) is 8.04. The van der Waals surface area contributed by atoms with Crippen LogP contribution in [0.2, 0.25) is 0 Å². The van der Waals surface area contributed by atoms with Gasteiger partial charge in [0.15, 0.2) is 0 Å². The number of rotatable bonds is 1. The van der Waals surface area contributed by atoms with E-state index >= 15 is 0 Å². The van der Waals surface area contributed by atoms with E-state index < -0.39 is 0 Å². The third kappa shape index (κ3) is 2.98. The second kappa shape index (κ2) is 5.40. The highest BCUT2D eigenvalue weighted by Crippen LogP contribution is 2.21. The molecule has 1 nitrogen and oxygen atoms in total. The summed E-state index contributed by atoms with van der Waals surface area (Å²) < 4.78 is 5.51. The molecule has 0 radical (unpaired) electrons. The molecule has 0 N–H and O–H groups in total. The zero-order chi connectivity index (χ0) is 11.3. The SMILES string of the molecule is CC.Cc1ccc(-c2ccc(C)o2)cc1. The molecule has 0 atom stereocenters. The Kier molecular flexibility index (Phi) is 4.17. The van der Waals surface area contributed by atoms with Crippen LogP contribution in [0.3, 0.4) is 0 Å². The molecule has 1 aromatic heterocycles. The molecule has 0 aliphatic carbocycles. The highest BCUT2D eigenvalue weighted by Gasteiger charge is 2.00. The van der Waals surface area contributed by atoms with E-state index in [9.17, 15) is 0 Å². The van der Waals surface area contributed by atoms with Gasteiger partial charge in [-0.15, -0.1) is 0 Å². The van der Waals surface area contributed by atoms with Crippen molar-refractivity contribution in [1.29, 1.82) is 0 Å². The van der Waals surface area contributed by atoms with Crippen LogP contribution in [0.4, 0.5) is 0 Å². The number of benzene rings is 1. The van der Waals surface area contributed by atoms with Crippen LogP contribution in [0.5, 0.6) is 0 Å². The predicted octanol–water partition coefficient (Wildman–Crippen LogP) is 4.59. The van der Waals surface area contributed by atoms with Crippen molar-refractivity contribution in [1.82, 2.24) is 0 Å². The Hall–Kier alpha value is -1.50. The lowest BCUT2D eigenvalue weighted by Crippen LogP contribution is -1.74. The minimum Gasteiger partial charge on any atom is -0.461 e. The molecule has 1 heteroatoms. The first-order chi connectivity index (χ1) is 7.25. The van der Waals surface area contributed by atoms with Crippen molar-refractivity contribution in [2.45, 2.75) is 27.7 Å². The molecule has 0 spiro atoms.